The Morgan fingerprint density at radius 1 is 1.16 bits per heavy atom. The molecular formula is C18H17ClN4O2. The van der Waals surface area contributed by atoms with E-state index in [2.05, 4.69) is 15.2 Å². The smallest absolute Gasteiger partial charge is 0.254 e. The molecule has 7 heteroatoms. The van der Waals surface area contributed by atoms with Crippen molar-refractivity contribution < 1.29 is 9.21 Å². The molecule has 2 aromatic heterocycles. The summed E-state index contributed by atoms with van der Waals surface area (Å²) >= 11 is 6.16. The van der Waals surface area contributed by atoms with Crippen molar-refractivity contribution in [2.75, 3.05) is 6.54 Å². The van der Waals surface area contributed by atoms with Gasteiger partial charge < -0.3 is 9.32 Å². The maximum absolute atomic E-state index is 12.7. The maximum atomic E-state index is 12.7. The molecule has 0 N–H and O–H groups in total. The maximum Gasteiger partial charge on any atom is 0.254 e. The highest BCUT2D eigenvalue weighted by molar-refractivity contribution is 6.33. The normalized spacial score (nSPS) is 10.6. The second kappa shape index (κ2) is 7.90. The summed E-state index contributed by atoms with van der Waals surface area (Å²) in [6, 6.07) is 10.6. The predicted octanol–water partition coefficient (Wildman–Crippen LogP) is 3.84. The van der Waals surface area contributed by atoms with Gasteiger partial charge in [0.25, 0.3) is 5.91 Å². The number of rotatable bonds is 6. The highest BCUT2D eigenvalue weighted by Gasteiger charge is 2.19. The van der Waals surface area contributed by atoms with E-state index in [1.807, 2.05) is 25.1 Å². The molecule has 0 atom stereocenters. The number of halogens is 1. The number of hydrogen-bond donors (Lipinski definition) is 0. The molecule has 128 valence electrons. The molecule has 0 fully saturated rings. The number of amides is 1. The number of nitrogens with zero attached hydrogens (tertiary/aromatic N) is 4. The van der Waals surface area contributed by atoms with E-state index >= 15 is 0 Å². The second-order valence-corrected chi connectivity index (χ2v) is 5.85. The zero-order chi connectivity index (χ0) is 17.6. The molecule has 6 nitrogen and oxygen atoms in total. The standard InChI is InChI=1S/C18H17ClN4O2/c1-2-11-23(18(24)13-7-9-20-10-8-13)12-16-21-22-17(25-16)14-5-3-4-6-15(14)19/h3-10H,2,11-12H2,1H3. The molecule has 1 amide bonds. The van der Waals surface area contributed by atoms with Crippen molar-refractivity contribution in [2.45, 2.75) is 19.9 Å². The minimum atomic E-state index is -0.0956. The summed E-state index contributed by atoms with van der Waals surface area (Å²) < 4.78 is 5.70. The minimum absolute atomic E-state index is 0.0956. The minimum Gasteiger partial charge on any atom is -0.419 e. The van der Waals surface area contributed by atoms with E-state index in [1.165, 1.54) is 0 Å². The third kappa shape index (κ3) is 4.03. The van der Waals surface area contributed by atoms with Crippen LogP contribution in [0.5, 0.6) is 0 Å². The van der Waals surface area contributed by atoms with Crippen LogP contribution in [0.15, 0.2) is 53.2 Å². The van der Waals surface area contributed by atoms with Crippen LogP contribution >= 0.6 is 11.6 Å². The highest BCUT2D eigenvalue weighted by Crippen LogP contribution is 2.26. The first-order chi connectivity index (χ1) is 12.2. The zero-order valence-corrected chi connectivity index (χ0v) is 14.5. The number of carbonyl (C=O) groups excluding carboxylic acids is 1. The first-order valence-electron chi connectivity index (χ1n) is 7.95. The lowest BCUT2D eigenvalue weighted by Crippen LogP contribution is -2.31. The Balaban J connectivity index is 1.79. The molecule has 1 aromatic carbocycles. The number of hydrogen-bond acceptors (Lipinski definition) is 5. The third-order valence-electron chi connectivity index (χ3n) is 3.61. The van der Waals surface area contributed by atoms with Crippen molar-refractivity contribution in [1.29, 1.82) is 0 Å². The van der Waals surface area contributed by atoms with Crippen LogP contribution in [0.2, 0.25) is 5.02 Å². The zero-order valence-electron chi connectivity index (χ0n) is 13.7. The summed E-state index contributed by atoms with van der Waals surface area (Å²) in [6.07, 6.45) is 4.02. The molecule has 3 aromatic rings. The Morgan fingerprint density at radius 2 is 1.92 bits per heavy atom. The SMILES string of the molecule is CCCN(Cc1nnc(-c2ccccc2Cl)o1)C(=O)c1ccncc1. The summed E-state index contributed by atoms with van der Waals surface area (Å²) in [5, 5.41) is 8.63. The Labute approximate surface area is 150 Å². The molecule has 0 bridgehead atoms. The van der Waals surface area contributed by atoms with E-state index in [0.717, 1.165) is 6.42 Å². The molecule has 0 aliphatic carbocycles. The van der Waals surface area contributed by atoms with E-state index in [0.29, 0.717) is 34.5 Å². The fraction of sp³-hybridized carbons (Fsp3) is 0.222. The van der Waals surface area contributed by atoms with Gasteiger partial charge in [0.05, 0.1) is 17.1 Å². The molecule has 0 spiro atoms. The first kappa shape index (κ1) is 17.1. The van der Waals surface area contributed by atoms with Gasteiger partial charge in [0.2, 0.25) is 11.8 Å². The predicted molar refractivity (Wildman–Crippen MR) is 94.0 cm³/mol. The summed E-state index contributed by atoms with van der Waals surface area (Å²) in [7, 11) is 0. The van der Waals surface area contributed by atoms with Crippen LogP contribution in [0.4, 0.5) is 0 Å². The van der Waals surface area contributed by atoms with Gasteiger partial charge in [-0.3, -0.25) is 9.78 Å². The monoisotopic (exact) mass is 356 g/mol. The Kier molecular flexibility index (Phi) is 5.40. The average molecular weight is 357 g/mol. The van der Waals surface area contributed by atoms with Gasteiger partial charge in [-0.1, -0.05) is 30.7 Å². The third-order valence-corrected chi connectivity index (χ3v) is 3.93. The number of carbonyl (C=O) groups is 1. The van der Waals surface area contributed by atoms with Crippen molar-refractivity contribution in [2.24, 2.45) is 0 Å². The molecule has 25 heavy (non-hydrogen) atoms. The first-order valence-corrected chi connectivity index (χ1v) is 8.33. The largest absolute Gasteiger partial charge is 0.419 e. The Bertz CT molecular complexity index is 851. The quantitative estimate of drug-likeness (QED) is 0.671. The summed E-state index contributed by atoms with van der Waals surface area (Å²) in [5.74, 6) is 0.612. The van der Waals surface area contributed by atoms with Crippen LogP contribution in [0.1, 0.15) is 29.6 Å². The number of pyridine rings is 1. The van der Waals surface area contributed by atoms with Crippen LogP contribution < -0.4 is 0 Å². The van der Waals surface area contributed by atoms with Gasteiger partial charge in [0.1, 0.15) is 0 Å². The van der Waals surface area contributed by atoms with Crippen molar-refractivity contribution in [3.8, 4) is 11.5 Å². The molecule has 0 radical (unpaired) electrons. The van der Waals surface area contributed by atoms with Gasteiger partial charge in [-0.2, -0.15) is 0 Å². The second-order valence-electron chi connectivity index (χ2n) is 5.44. The molecule has 2 heterocycles. The summed E-state index contributed by atoms with van der Waals surface area (Å²) in [6.45, 7) is 2.84. The molecule has 0 unspecified atom stereocenters. The van der Waals surface area contributed by atoms with Gasteiger partial charge in [0, 0.05) is 24.5 Å². The lowest BCUT2D eigenvalue weighted by atomic mass is 10.2. The van der Waals surface area contributed by atoms with E-state index in [4.69, 9.17) is 16.0 Å². The van der Waals surface area contributed by atoms with Gasteiger partial charge in [-0.15, -0.1) is 10.2 Å². The van der Waals surface area contributed by atoms with E-state index in [1.54, 1.807) is 35.5 Å². The van der Waals surface area contributed by atoms with E-state index in [-0.39, 0.29) is 12.5 Å². The van der Waals surface area contributed by atoms with Crippen LogP contribution in [-0.4, -0.2) is 32.5 Å². The molecule has 3 rings (SSSR count). The van der Waals surface area contributed by atoms with Crippen LogP contribution in [0.25, 0.3) is 11.5 Å². The Morgan fingerprint density at radius 3 is 2.64 bits per heavy atom. The molecule has 0 saturated carbocycles. The average Bonchev–Trinajstić information content (AvgIpc) is 3.10. The van der Waals surface area contributed by atoms with Crippen LogP contribution in [0, 0.1) is 0 Å². The lowest BCUT2D eigenvalue weighted by molar-refractivity contribution is 0.0728. The van der Waals surface area contributed by atoms with Crippen molar-refractivity contribution in [3.05, 3.63) is 65.3 Å². The van der Waals surface area contributed by atoms with Crippen LogP contribution in [-0.2, 0) is 6.54 Å². The highest BCUT2D eigenvalue weighted by atomic mass is 35.5. The van der Waals surface area contributed by atoms with Crippen LogP contribution in [0.3, 0.4) is 0 Å². The van der Waals surface area contributed by atoms with Gasteiger partial charge in [-0.05, 0) is 30.7 Å². The van der Waals surface area contributed by atoms with Gasteiger partial charge >= 0.3 is 0 Å². The number of aromatic nitrogens is 3. The summed E-state index contributed by atoms with van der Waals surface area (Å²) in [5.41, 5.74) is 1.25. The lowest BCUT2D eigenvalue weighted by Gasteiger charge is -2.20. The summed E-state index contributed by atoms with van der Waals surface area (Å²) in [4.78, 5) is 18.3. The molecule has 0 saturated heterocycles. The molecule has 0 aliphatic rings. The Hall–Kier alpha value is -2.73. The number of benzene rings is 1. The fourth-order valence-corrected chi connectivity index (χ4v) is 2.64. The van der Waals surface area contributed by atoms with Crippen molar-refractivity contribution >= 4 is 17.5 Å². The van der Waals surface area contributed by atoms with Gasteiger partial charge in [0.15, 0.2) is 0 Å². The van der Waals surface area contributed by atoms with Crippen molar-refractivity contribution in [1.82, 2.24) is 20.1 Å². The fourth-order valence-electron chi connectivity index (χ4n) is 2.42. The van der Waals surface area contributed by atoms with E-state index < -0.39 is 0 Å². The van der Waals surface area contributed by atoms with Gasteiger partial charge in [-0.25, -0.2) is 0 Å². The topological polar surface area (TPSA) is 72.1 Å². The van der Waals surface area contributed by atoms with E-state index in [9.17, 15) is 4.79 Å². The van der Waals surface area contributed by atoms with Crippen molar-refractivity contribution in [3.63, 3.8) is 0 Å². The molecule has 0 aliphatic heterocycles. The molecular weight excluding hydrogens is 340 g/mol.